The van der Waals surface area contributed by atoms with Crippen LogP contribution in [0.5, 0.6) is 0 Å². The van der Waals surface area contributed by atoms with Crippen LogP contribution in [0.3, 0.4) is 0 Å². The number of amides is 1. The highest BCUT2D eigenvalue weighted by atomic mass is 19.1. The number of benzene rings is 3. The van der Waals surface area contributed by atoms with Crippen LogP contribution in [0, 0.1) is 5.82 Å². The molecular weight excluding hydrogens is 639 g/mol. The number of rotatable bonds is 7. The summed E-state index contributed by atoms with van der Waals surface area (Å²) in [6, 6.07) is 24.7. The van der Waals surface area contributed by atoms with E-state index in [1.54, 1.807) is 53.6 Å². The molecule has 1 aliphatic heterocycles. The second-order valence-electron chi connectivity index (χ2n) is 11.9. The molecule has 4 aromatic heterocycles. The Hall–Kier alpha value is -6.70. The van der Waals surface area contributed by atoms with Crippen molar-refractivity contribution < 1.29 is 9.18 Å². The number of H-pyrrole nitrogens is 2. The van der Waals surface area contributed by atoms with Gasteiger partial charge in [0, 0.05) is 61.8 Å². The molecule has 13 nitrogen and oxygen atoms in total. The molecular formula is C36H29FN10O3. The van der Waals surface area contributed by atoms with E-state index >= 15 is 0 Å². The maximum absolute atomic E-state index is 15.0. The van der Waals surface area contributed by atoms with Crippen molar-refractivity contribution in [3.8, 4) is 5.82 Å². The number of carbonyl (C=O) groups excluding carboxylic acids is 1. The van der Waals surface area contributed by atoms with Crippen molar-refractivity contribution in [3.63, 3.8) is 0 Å². The topological polar surface area (TPSA) is 158 Å². The lowest BCUT2D eigenvalue weighted by molar-refractivity contribution is 0.0742. The van der Waals surface area contributed by atoms with E-state index in [4.69, 9.17) is 0 Å². The van der Waals surface area contributed by atoms with Gasteiger partial charge in [0.25, 0.3) is 17.0 Å². The molecule has 1 aliphatic rings. The first-order chi connectivity index (χ1) is 24.4. The Balaban J connectivity index is 0.910. The van der Waals surface area contributed by atoms with Crippen LogP contribution in [0.4, 0.5) is 21.7 Å². The van der Waals surface area contributed by atoms with Gasteiger partial charge in [0.2, 0.25) is 5.95 Å². The van der Waals surface area contributed by atoms with E-state index in [9.17, 15) is 18.8 Å². The molecule has 0 unspecified atom stereocenters. The molecule has 0 spiro atoms. The monoisotopic (exact) mass is 668 g/mol. The van der Waals surface area contributed by atoms with E-state index in [1.165, 1.54) is 16.9 Å². The van der Waals surface area contributed by atoms with Crippen LogP contribution in [0.15, 0.2) is 107 Å². The molecule has 8 rings (SSSR count). The number of nitrogens with one attached hydrogen (secondary N) is 3. The van der Waals surface area contributed by atoms with Crippen LogP contribution in [0.1, 0.15) is 21.6 Å². The van der Waals surface area contributed by atoms with Crippen LogP contribution in [0.2, 0.25) is 0 Å². The summed E-state index contributed by atoms with van der Waals surface area (Å²) in [5.74, 6) is -0.162. The lowest BCUT2D eigenvalue weighted by Gasteiger charge is -2.36. The van der Waals surface area contributed by atoms with Gasteiger partial charge in [-0.3, -0.25) is 19.5 Å². The highest BCUT2D eigenvalue weighted by Gasteiger charge is 2.25. The number of aromatic amines is 2. The standard InChI is InChI=1S/C36H29FN10O3/c37-29-13-8-22(20-30-25-5-1-2-6-26(25)33(48)43-42-30)19-27(29)34(49)46-17-15-45(16-18-46)24-11-9-23(10-12-24)40-36-39-21-28-32(41-36)44-47(35(28)50)31-7-3-4-14-38-31/h1-14,19,21H,15-18,20H2,(H,43,48)(H2,39,40,41,44). The van der Waals surface area contributed by atoms with Gasteiger partial charge in [-0.2, -0.15) is 14.8 Å². The summed E-state index contributed by atoms with van der Waals surface area (Å²) in [5.41, 5.74) is 2.92. The van der Waals surface area contributed by atoms with Gasteiger partial charge < -0.3 is 15.1 Å². The number of pyridine rings is 1. The predicted molar refractivity (Wildman–Crippen MR) is 187 cm³/mol. The van der Waals surface area contributed by atoms with Crippen molar-refractivity contribution >= 4 is 45.0 Å². The normalized spacial score (nSPS) is 13.2. The number of fused-ring (bicyclic) bond motifs is 2. The van der Waals surface area contributed by atoms with Gasteiger partial charge in [0.05, 0.1) is 16.6 Å². The zero-order valence-electron chi connectivity index (χ0n) is 26.5. The molecule has 1 amide bonds. The summed E-state index contributed by atoms with van der Waals surface area (Å²) in [4.78, 5) is 55.3. The number of anilines is 3. The third kappa shape index (κ3) is 5.83. The van der Waals surface area contributed by atoms with Gasteiger partial charge in [0.1, 0.15) is 11.2 Å². The maximum atomic E-state index is 15.0. The molecule has 0 bridgehead atoms. The molecule has 0 saturated carbocycles. The summed E-state index contributed by atoms with van der Waals surface area (Å²) in [5, 5.41) is 14.5. The van der Waals surface area contributed by atoms with Crippen molar-refractivity contribution in [1.82, 2.24) is 39.8 Å². The zero-order chi connectivity index (χ0) is 34.2. The Labute approximate surface area is 283 Å². The van der Waals surface area contributed by atoms with Gasteiger partial charge in [-0.1, -0.05) is 30.3 Å². The fourth-order valence-electron chi connectivity index (χ4n) is 6.18. The molecule has 3 aromatic carbocycles. The summed E-state index contributed by atoms with van der Waals surface area (Å²) in [6.45, 7) is 2.01. The first-order valence-corrected chi connectivity index (χ1v) is 16.0. The van der Waals surface area contributed by atoms with Crippen LogP contribution < -0.4 is 21.3 Å². The van der Waals surface area contributed by atoms with E-state index in [0.29, 0.717) is 77.4 Å². The summed E-state index contributed by atoms with van der Waals surface area (Å²) < 4.78 is 16.3. The number of nitrogens with zero attached hydrogens (tertiary/aromatic N) is 7. The minimum Gasteiger partial charge on any atom is -0.368 e. The van der Waals surface area contributed by atoms with Gasteiger partial charge in [-0.25, -0.2) is 19.5 Å². The number of piperazine rings is 1. The van der Waals surface area contributed by atoms with Crippen molar-refractivity contribution in [3.05, 3.63) is 141 Å². The van der Waals surface area contributed by atoms with Crippen LogP contribution >= 0.6 is 0 Å². The molecule has 248 valence electrons. The van der Waals surface area contributed by atoms with E-state index in [2.05, 4.69) is 40.5 Å². The van der Waals surface area contributed by atoms with E-state index in [1.807, 2.05) is 36.4 Å². The molecule has 14 heteroatoms. The van der Waals surface area contributed by atoms with Crippen molar-refractivity contribution in [2.75, 3.05) is 36.4 Å². The Morgan fingerprint density at radius 1 is 0.860 bits per heavy atom. The van der Waals surface area contributed by atoms with Crippen LogP contribution in [-0.4, -0.2) is 71.9 Å². The first-order valence-electron chi connectivity index (χ1n) is 16.0. The Morgan fingerprint density at radius 3 is 2.42 bits per heavy atom. The summed E-state index contributed by atoms with van der Waals surface area (Å²) in [7, 11) is 0. The molecule has 0 radical (unpaired) electrons. The minimum atomic E-state index is -0.580. The van der Waals surface area contributed by atoms with Gasteiger partial charge in [-0.05, 0) is 60.2 Å². The molecule has 50 heavy (non-hydrogen) atoms. The number of hydrogen-bond acceptors (Lipinski definition) is 9. The number of halogens is 1. The van der Waals surface area contributed by atoms with E-state index < -0.39 is 5.82 Å². The van der Waals surface area contributed by atoms with Crippen LogP contribution in [0.25, 0.3) is 27.6 Å². The minimum absolute atomic E-state index is 0.0119. The van der Waals surface area contributed by atoms with Gasteiger partial charge in [-0.15, -0.1) is 0 Å². The second kappa shape index (κ2) is 12.7. The highest BCUT2D eigenvalue weighted by molar-refractivity contribution is 5.95. The number of aromatic nitrogens is 7. The third-order valence-electron chi connectivity index (χ3n) is 8.78. The average Bonchev–Trinajstić information content (AvgIpc) is 3.49. The second-order valence-corrected chi connectivity index (χ2v) is 11.9. The van der Waals surface area contributed by atoms with Crippen molar-refractivity contribution in [1.29, 1.82) is 0 Å². The Morgan fingerprint density at radius 2 is 1.64 bits per heavy atom. The fourth-order valence-corrected chi connectivity index (χ4v) is 6.18. The molecule has 3 N–H and O–H groups in total. The molecule has 7 aromatic rings. The molecule has 1 fully saturated rings. The largest absolute Gasteiger partial charge is 0.368 e. The summed E-state index contributed by atoms with van der Waals surface area (Å²) >= 11 is 0. The molecule has 1 saturated heterocycles. The number of carbonyl (C=O) groups is 1. The molecule has 5 heterocycles. The Bertz CT molecular complexity index is 2490. The SMILES string of the molecule is O=C(c1cc(Cc2n[nH]c(=O)c3ccccc23)ccc1F)N1CCN(c2ccc(Nc3ncc4c(=O)n(-c5ccccn5)[nH]c4n3)cc2)CC1. The van der Waals surface area contributed by atoms with E-state index in [-0.39, 0.29) is 22.6 Å². The fraction of sp³-hybridized carbons (Fsp3) is 0.139. The predicted octanol–water partition coefficient (Wildman–Crippen LogP) is 4.18. The van der Waals surface area contributed by atoms with Gasteiger partial charge in [0.15, 0.2) is 11.5 Å². The van der Waals surface area contributed by atoms with Crippen LogP contribution in [-0.2, 0) is 6.42 Å². The average molecular weight is 669 g/mol. The maximum Gasteiger partial charge on any atom is 0.283 e. The lowest BCUT2D eigenvalue weighted by Crippen LogP contribution is -2.49. The first kappa shape index (κ1) is 30.6. The van der Waals surface area contributed by atoms with Gasteiger partial charge >= 0.3 is 0 Å². The third-order valence-corrected chi connectivity index (χ3v) is 8.78. The Kier molecular flexibility index (Phi) is 7.79. The lowest BCUT2D eigenvalue weighted by atomic mass is 10.0. The van der Waals surface area contributed by atoms with Crippen molar-refractivity contribution in [2.24, 2.45) is 0 Å². The number of hydrogen-bond donors (Lipinski definition) is 3. The highest BCUT2D eigenvalue weighted by Crippen LogP contribution is 2.24. The van der Waals surface area contributed by atoms with Crippen molar-refractivity contribution in [2.45, 2.75) is 6.42 Å². The van der Waals surface area contributed by atoms with E-state index in [0.717, 1.165) is 11.4 Å². The molecule has 0 atom stereocenters. The summed E-state index contributed by atoms with van der Waals surface area (Å²) in [6.07, 6.45) is 3.41. The molecule has 0 aliphatic carbocycles. The quantitative estimate of drug-likeness (QED) is 0.227. The zero-order valence-corrected chi connectivity index (χ0v) is 26.5. The smallest absolute Gasteiger partial charge is 0.283 e.